The van der Waals surface area contributed by atoms with Crippen molar-refractivity contribution in [3.63, 3.8) is 0 Å². The van der Waals surface area contributed by atoms with Gasteiger partial charge in [0.25, 0.3) is 0 Å². The topological polar surface area (TPSA) is 39.2 Å². The predicted molar refractivity (Wildman–Crippen MR) is 76.4 cm³/mol. The van der Waals surface area contributed by atoms with Crippen LogP contribution in [0.5, 0.6) is 0 Å². The average molecular weight is 302 g/mol. The molecule has 0 fully saturated rings. The Kier molecular flexibility index (Phi) is 2.94. The van der Waals surface area contributed by atoms with Crippen molar-refractivity contribution >= 4 is 26.9 Å². The Morgan fingerprint density at radius 2 is 1.72 bits per heavy atom. The normalized spacial score (nSPS) is 12.8. The van der Waals surface area contributed by atoms with Crippen molar-refractivity contribution in [2.45, 2.75) is 6.04 Å². The molecule has 0 amide bonds. The van der Waals surface area contributed by atoms with E-state index in [2.05, 4.69) is 15.9 Å². The van der Waals surface area contributed by atoms with Crippen LogP contribution in [0, 0.1) is 0 Å². The molecule has 90 valence electrons. The van der Waals surface area contributed by atoms with Gasteiger partial charge in [-0.05, 0) is 29.8 Å². The van der Waals surface area contributed by atoms with Crippen LogP contribution in [-0.2, 0) is 0 Å². The maximum absolute atomic E-state index is 6.22. The van der Waals surface area contributed by atoms with Crippen LogP contribution in [0.3, 0.4) is 0 Å². The third-order valence-corrected chi connectivity index (χ3v) is 3.51. The van der Waals surface area contributed by atoms with E-state index >= 15 is 0 Å². The zero-order valence-corrected chi connectivity index (χ0v) is 11.2. The van der Waals surface area contributed by atoms with Gasteiger partial charge in [-0.25, -0.2) is 0 Å². The predicted octanol–water partition coefficient (Wildman–Crippen LogP) is 4.24. The molecule has 2 aromatic carbocycles. The molecule has 2 nitrogen and oxygen atoms in total. The highest BCUT2D eigenvalue weighted by molar-refractivity contribution is 9.10. The van der Waals surface area contributed by atoms with Crippen LogP contribution in [0.15, 0.2) is 63.5 Å². The number of hydrogen-bond donors (Lipinski definition) is 1. The van der Waals surface area contributed by atoms with Gasteiger partial charge in [-0.2, -0.15) is 0 Å². The fourth-order valence-corrected chi connectivity index (χ4v) is 2.25. The molecule has 0 aliphatic carbocycles. The average Bonchev–Trinajstić information content (AvgIpc) is 2.82. The van der Waals surface area contributed by atoms with E-state index in [0.29, 0.717) is 0 Å². The number of benzene rings is 2. The van der Waals surface area contributed by atoms with Crippen molar-refractivity contribution < 1.29 is 4.42 Å². The van der Waals surface area contributed by atoms with Crippen LogP contribution >= 0.6 is 15.9 Å². The second-order valence-electron chi connectivity index (χ2n) is 4.22. The van der Waals surface area contributed by atoms with Crippen LogP contribution in [0.4, 0.5) is 0 Å². The number of rotatable bonds is 2. The zero-order valence-electron chi connectivity index (χ0n) is 9.64. The SMILES string of the molecule is NC(c1ccc(Br)cc1)c1cc2ccccc2o1. The third kappa shape index (κ3) is 2.07. The van der Waals surface area contributed by atoms with Gasteiger partial charge in [-0.3, -0.25) is 0 Å². The second-order valence-corrected chi connectivity index (χ2v) is 5.13. The van der Waals surface area contributed by atoms with Crippen LogP contribution in [0.25, 0.3) is 11.0 Å². The standard InChI is InChI=1S/C15H12BrNO/c16-12-7-5-10(6-8-12)15(17)14-9-11-3-1-2-4-13(11)18-14/h1-9,15H,17H2. The van der Waals surface area contributed by atoms with E-state index in [1.54, 1.807) is 0 Å². The second kappa shape index (κ2) is 4.59. The van der Waals surface area contributed by atoms with Crippen LogP contribution in [0.1, 0.15) is 17.4 Å². The first-order chi connectivity index (χ1) is 8.74. The molecular weight excluding hydrogens is 290 g/mol. The van der Waals surface area contributed by atoms with E-state index in [9.17, 15) is 0 Å². The van der Waals surface area contributed by atoms with E-state index in [0.717, 1.165) is 26.8 Å². The molecule has 18 heavy (non-hydrogen) atoms. The van der Waals surface area contributed by atoms with Gasteiger partial charge in [-0.1, -0.05) is 46.3 Å². The van der Waals surface area contributed by atoms with Gasteiger partial charge in [0.2, 0.25) is 0 Å². The van der Waals surface area contributed by atoms with E-state index in [1.165, 1.54) is 0 Å². The first-order valence-corrected chi connectivity index (χ1v) is 6.53. The van der Waals surface area contributed by atoms with Crippen molar-refractivity contribution in [2.24, 2.45) is 5.73 Å². The summed E-state index contributed by atoms with van der Waals surface area (Å²) in [5.41, 5.74) is 8.14. The Morgan fingerprint density at radius 1 is 1.00 bits per heavy atom. The van der Waals surface area contributed by atoms with Crippen LogP contribution in [-0.4, -0.2) is 0 Å². The Balaban J connectivity index is 2.00. The summed E-state index contributed by atoms with van der Waals surface area (Å²) in [5, 5.41) is 1.08. The van der Waals surface area contributed by atoms with Crippen molar-refractivity contribution in [2.75, 3.05) is 0 Å². The molecular formula is C15H12BrNO. The van der Waals surface area contributed by atoms with Gasteiger partial charge in [0.15, 0.2) is 0 Å². The molecule has 1 atom stereocenters. The lowest BCUT2D eigenvalue weighted by Crippen LogP contribution is -2.10. The maximum Gasteiger partial charge on any atom is 0.134 e. The van der Waals surface area contributed by atoms with Gasteiger partial charge in [-0.15, -0.1) is 0 Å². The highest BCUT2D eigenvalue weighted by atomic mass is 79.9. The fraction of sp³-hybridized carbons (Fsp3) is 0.0667. The highest BCUT2D eigenvalue weighted by Crippen LogP contribution is 2.27. The smallest absolute Gasteiger partial charge is 0.134 e. The van der Waals surface area contributed by atoms with E-state index in [1.807, 2.05) is 54.6 Å². The molecule has 3 aromatic rings. The molecule has 3 heteroatoms. The van der Waals surface area contributed by atoms with Gasteiger partial charge in [0, 0.05) is 9.86 Å². The monoisotopic (exact) mass is 301 g/mol. The highest BCUT2D eigenvalue weighted by Gasteiger charge is 2.13. The molecule has 0 radical (unpaired) electrons. The lowest BCUT2D eigenvalue weighted by molar-refractivity contribution is 0.525. The van der Waals surface area contributed by atoms with Crippen molar-refractivity contribution in [3.8, 4) is 0 Å². The van der Waals surface area contributed by atoms with Crippen molar-refractivity contribution in [3.05, 3.63) is 70.4 Å². The van der Waals surface area contributed by atoms with Gasteiger partial charge < -0.3 is 10.2 Å². The Bertz CT molecular complexity index is 639. The minimum absolute atomic E-state index is 0.231. The largest absolute Gasteiger partial charge is 0.459 e. The van der Waals surface area contributed by atoms with Crippen molar-refractivity contribution in [1.82, 2.24) is 0 Å². The number of furan rings is 1. The molecule has 1 aromatic heterocycles. The summed E-state index contributed by atoms with van der Waals surface area (Å²) in [6, 6.07) is 17.7. The minimum atomic E-state index is -0.231. The summed E-state index contributed by atoms with van der Waals surface area (Å²) in [6.45, 7) is 0. The molecule has 1 heterocycles. The number of hydrogen-bond acceptors (Lipinski definition) is 2. The van der Waals surface area contributed by atoms with E-state index in [-0.39, 0.29) is 6.04 Å². The number of fused-ring (bicyclic) bond motifs is 1. The molecule has 0 aliphatic heterocycles. The maximum atomic E-state index is 6.22. The molecule has 2 N–H and O–H groups in total. The molecule has 0 aliphatic rings. The summed E-state index contributed by atoms with van der Waals surface area (Å²) in [4.78, 5) is 0. The summed E-state index contributed by atoms with van der Waals surface area (Å²) in [7, 11) is 0. The summed E-state index contributed by atoms with van der Waals surface area (Å²) in [5.74, 6) is 0.790. The first-order valence-electron chi connectivity index (χ1n) is 5.73. The molecule has 3 rings (SSSR count). The minimum Gasteiger partial charge on any atom is -0.459 e. The van der Waals surface area contributed by atoms with Gasteiger partial charge in [0.1, 0.15) is 11.3 Å². The lowest BCUT2D eigenvalue weighted by atomic mass is 10.1. The summed E-state index contributed by atoms with van der Waals surface area (Å²) in [6.07, 6.45) is 0. The number of halogens is 1. The van der Waals surface area contributed by atoms with E-state index in [4.69, 9.17) is 10.2 Å². The fourth-order valence-electron chi connectivity index (χ4n) is 1.99. The Hall–Kier alpha value is -1.58. The summed E-state index contributed by atoms with van der Waals surface area (Å²) >= 11 is 3.41. The molecule has 0 saturated carbocycles. The van der Waals surface area contributed by atoms with Crippen LogP contribution in [0.2, 0.25) is 0 Å². The van der Waals surface area contributed by atoms with Crippen molar-refractivity contribution in [1.29, 1.82) is 0 Å². The first kappa shape index (κ1) is 11.5. The quantitative estimate of drug-likeness (QED) is 0.769. The van der Waals surface area contributed by atoms with Gasteiger partial charge >= 0.3 is 0 Å². The Morgan fingerprint density at radius 3 is 2.44 bits per heavy atom. The third-order valence-electron chi connectivity index (χ3n) is 2.98. The van der Waals surface area contributed by atoms with Crippen LogP contribution < -0.4 is 5.73 Å². The zero-order chi connectivity index (χ0) is 12.5. The lowest BCUT2D eigenvalue weighted by Gasteiger charge is -2.08. The molecule has 0 saturated heterocycles. The Labute approximate surface area is 114 Å². The van der Waals surface area contributed by atoms with E-state index < -0.39 is 0 Å². The number of nitrogens with two attached hydrogens (primary N) is 1. The molecule has 1 unspecified atom stereocenters. The number of para-hydroxylation sites is 1. The summed E-state index contributed by atoms with van der Waals surface area (Å²) < 4.78 is 6.82. The molecule has 0 spiro atoms. The molecule has 0 bridgehead atoms. The van der Waals surface area contributed by atoms with Gasteiger partial charge in [0.05, 0.1) is 6.04 Å².